The summed E-state index contributed by atoms with van der Waals surface area (Å²) >= 11 is 2.44. The topological polar surface area (TPSA) is 26.7 Å². The van der Waals surface area contributed by atoms with Crippen molar-refractivity contribution in [3.05, 3.63) is 63.2 Å². The van der Waals surface area contributed by atoms with Gasteiger partial charge >= 0.3 is 0 Å². The Bertz CT molecular complexity index is 668. The summed E-state index contributed by atoms with van der Waals surface area (Å²) in [6.45, 7) is 6.94. The lowest BCUT2D eigenvalue weighted by atomic mass is 10.1. The Hall–Kier alpha value is -1.11. The predicted molar refractivity (Wildman–Crippen MR) is 112 cm³/mol. The molecule has 25 heavy (non-hydrogen) atoms. The summed E-state index contributed by atoms with van der Waals surface area (Å²) in [6, 6.07) is 16.3. The van der Waals surface area contributed by atoms with Crippen molar-refractivity contribution in [1.29, 1.82) is 0 Å². The van der Waals surface area contributed by atoms with Crippen LogP contribution in [0.15, 0.2) is 48.5 Å². The normalized spacial score (nSPS) is 16.2. The zero-order valence-electron chi connectivity index (χ0n) is 14.7. The van der Waals surface area contributed by atoms with E-state index >= 15 is 0 Å². The van der Waals surface area contributed by atoms with Gasteiger partial charge in [-0.15, -0.1) is 0 Å². The quantitative estimate of drug-likeness (QED) is 0.651. The molecule has 1 aliphatic rings. The van der Waals surface area contributed by atoms with Crippen LogP contribution in [0.25, 0.3) is 0 Å². The Kier molecular flexibility index (Phi) is 7.13. The number of phenolic OH excluding ortho intramolecular Hbond substituents is 1. The van der Waals surface area contributed by atoms with E-state index in [0.29, 0.717) is 5.75 Å². The van der Waals surface area contributed by atoms with E-state index in [9.17, 15) is 5.11 Å². The zero-order valence-corrected chi connectivity index (χ0v) is 16.9. The number of hydrogen-bond donors (Lipinski definition) is 1. The van der Waals surface area contributed by atoms with Gasteiger partial charge < -0.3 is 14.9 Å². The van der Waals surface area contributed by atoms with Gasteiger partial charge in [0.2, 0.25) is 0 Å². The third-order valence-corrected chi connectivity index (χ3v) is 6.02. The van der Waals surface area contributed by atoms with Crippen LogP contribution in [-0.2, 0) is 12.8 Å². The molecule has 1 saturated heterocycles. The van der Waals surface area contributed by atoms with E-state index in [0.717, 1.165) is 26.1 Å². The Morgan fingerprint density at radius 1 is 0.840 bits per heavy atom. The fourth-order valence-electron chi connectivity index (χ4n) is 3.43. The van der Waals surface area contributed by atoms with Crippen molar-refractivity contribution < 1.29 is 5.11 Å². The predicted octanol–water partition coefficient (Wildman–Crippen LogP) is 3.79. The maximum Gasteiger partial charge on any atom is 0.115 e. The first-order valence-electron chi connectivity index (χ1n) is 9.17. The minimum atomic E-state index is 0.371. The first kappa shape index (κ1) is 18.7. The van der Waals surface area contributed by atoms with Gasteiger partial charge in [-0.3, -0.25) is 0 Å². The largest absolute Gasteiger partial charge is 0.508 e. The van der Waals surface area contributed by atoms with Gasteiger partial charge in [-0.25, -0.2) is 0 Å². The van der Waals surface area contributed by atoms with Crippen molar-refractivity contribution in [1.82, 2.24) is 9.80 Å². The molecular formula is C21H27IN2O. The van der Waals surface area contributed by atoms with Gasteiger partial charge in [0, 0.05) is 36.3 Å². The Morgan fingerprint density at radius 2 is 1.56 bits per heavy atom. The first-order valence-corrected chi connectivity index (χ1v) is 10.2. The number of aryl methyl sites for hydroxylation is 1. The van der Waals surface area contributed by atoms with Crippen LogP contribution in [0.5, 0.6) is 5.75 Å². The van der Waals surface area contributed by atoms with E-state index < -0.39 is 0 Å². The van der Waals surface area contributed by atoms with Gasteiger partial charge in [0.15, 0.2) is 0 Å². The molecule has 1 fully saturated rings. The third-order valence-electron chi connectivity index (χ3n) is 4.97. The highest BCUT2D eigenvalue weighted by Crippen LogP contribution is 2.15. The summed E-state index contributed by atoms with van der Waals surface area (Å²) in [5.74, 6) is 0.371. The zero-order chi connectivity index (χ0) is 17.5. The molecule has 0 atom stereocenters. The van der Waals surface area contributed by atoms with Crippen molar-refractivity contribution in [2.75, 3.05) is 39.3 Å². The second kappa shape index (κ2) is 9.55. The van der Waals surface area contributed by atoms with Crippen LogP contribution in [0.1, 0.15) is 17.5 Å². The summed E-state index contributed by atoms with van der Waals surface area (Å²) in [6.07, 6.45) is 3.43. The SMILES string of the molecule is Oc1cccc(CCN2CCN(CCCc3ccccc3I)CC2)c1. The van der Waals surface area contributed by atoms with Crippen molar-refractivity contribution in [3.63, 3.8) is 0 Å². The highest BCUT2D eigenvalue weighted by Gasteiger charge is 2.16. The molecular weight excluding hydrogens is 423 g/mol. The molecule has 0 amide bonds. The number of rotatable bonds is 7. The van der Waals surface area contributed by atoms with Gasteiger partial charge in [-0.1, -0.05) is 30.3 Å². The van der Waals surface area contributed by atoms with E-state index in [4.69, 9.17) is 0 Å². The van der Waals surface area contributed by atoms with E-state index in [1.807, 2.05) is 12.1 Å². The molecule has 2 aromatic carbocycles. The van der Waals surface area contributed by atoms with Crippen molar-refractivity contribution >= 4 is 22.6 Å². The maximum atomic E-state index is 9.55. The number of piperazine rings is 1. The summed E-state index contributed by atoms with van der Waals surface area (Å²) in [5, 5.41) is 9.55. The average molecular weight is 450 g/mol. The lowest BCUT2D eigenvalue weighted by molar-refractivity contribution is 0.132. The Morgan fingerprint density at radius 3 is 2.28 bits per heavy atom. The molecule has 0 aromatic heterocycles. The van der Waals surface area contributed by atoms with Crippen LogP contribution in [0, 0.1) is 3.57 Å². The summed E-state index contributed by atoms with van der Waals surface area (Å²) in [7, 11) is 0. The highest BCUT2D eigenvalue weighted by atomic mass is 127. The monoisotopic (exact) mass is 450 g/mol. The molecule has 0 bridgehead atoms. The number of hydrogen-bond acceptors (Lipinski definition) is 3. The average Bonchev–Trinajstić information content (AvgIpc) is 2.63. The van der Waals surface area contributed by atoms with Gasteiger partial charge in [0.05, 0.1) is 0 Å². The second-order valence-corrected chi connectivity index (χ2v) is 7.96. The van der Waals surface area contributed by atoms with E-state index in [1.54, 1.807) is 6.07 Å². The molecule has 0 saturated carbocycles. The standard InChI is InChI=1S/C21H27IN2O/c22-21-9-2-1-6-19(21)7-4-11-23-13-15-24(16-14-23)12-10-18-5-3-8-20(25)17-18/h1-3,5-6,8-9,17,25H,4,7,10-16H2. The number of halogens is 1. The third kappa shape index (κ3) is 5.97. The molecule has 2 aromatic rings. The molecule has 1 heterocycles. The number of nitrogens with zero attached hydrogens (tertiary/aromatic N) is 2. The molecule has 4 heteroatoms. The molecule has 0 radical (unpaired) electrons. The fourth-order valence-corrected chi connectivity index (χ4v) is 4.09. The maximum absolute atomic E-state index is 9.55. The number of benzene rings is 2. The van der Waals surface area contributed by atoms with E-state index in [2.05, 4.69) is 62.7 Å². The minimum Gasteiger partial charge on any atom is -0.508 e. The Balaban J connectivity index is 1.34. The van der Waals surface area contributed by atoms with Crippen molar-refractivity contribution in [3.8, 4) is 5.75 Å². The van der Waals surface area contributed by atoms with Crippen molar-refractivity contribution in [2.45, 2.75) is 19.3 Å². The van der Waals surface area contributed by atoms with Crippen LogP contribution in [0.3, 0.4) is 0 Å². The first-order chi connectivity index (χ1) is 12.2. The smallest absolute Gasteiger partial charge is 0.115 e. The van der Waals surface area contributed by atoms with Crippen LogP contribution >= 0.6 is 22.6 Å². The van der Waals surface area contributed by atoms with Crippen molar-refractivity contribution in [2.24, 2.45) is 0 Å². The van der Waals surface area contributed by atoms with E-state index in [-0.39, 0.29) is 0 Å². The summed E-state index contributed by atoms with van der Waals surface area (Å²) in [5.41, 5.74) is 2.70. The molecule has 0 unspecified atom stereocenters. The molecule has 1 N–H and O–H groups in total. The fraction of sp³-hybridized carbons (Fsp3) is 0.429. The Labute approximate surface area is 164 Å². The molecule has 0 spiro atoms. The second-order valence-electron chi connectivity index (χ2n) is 6.80. The van der Waals surface area contributed by atoms with Crippen LogP contribution in [0.4, 0.5) is 0 Å². The van der Waals surface area contributed by atoms with Gasteiger partial charge in [0.25, 0.3) is 0 Å². The highest BCUT2D eigenvalue weighted by molar-refractivity contribution is 14.1. The van der Waals surface area contributed by atoms with Crippen LogP contribution in [0.2, 0.25) is 0 Å². The molecule has 134 valence electrons. The molecule has 1 aliphatic heterocycles. The molecule has 0 aliphatic carbocycles. The van der Waals surface area contributed by atoms with E-state index in [1.165, 1.54) is 47.2 Å². The van der Waals surface area contributed by atoms with Crippen LogP contribution < -0.4 is 0 Å². The lowest BCUT2D eigenvalue weighted by Crippen LogP contribution is -2.47. The van der Waals surface area contributed by atoms with Gasteiger partial charge in [-0.05, 0) is 77.7 Å². The minimum absolute atomic E-state index is 0.371. The summed E-state index contributed by atoms with van der Waals surface area (Å²) in [4.78, 5) is 5.14. The van der Waals surface area contributed by atoms with Crippen LogP contribution in [-0.4, -0.2) is 54.2 Å². The lowest BCUT2D eigenvalue weighted by Gasteiger charge is -2.34. The number of phenols is 1. The molecule has 3 rings (SSSR count). The van der Waals surface area contributed by atoms with Gasteiger partial charge in [-0.2, -0.15) is 0 Å². The molecule has 3 nitrogen and oxygen atoms in total. The number of aromatic hydroxyl groups is 1. The summed E-state index contributed by atoms with van der Waals surface area (Å²) < 4.78 is 1.39. The van der Waals surface area contributed by atoms with Gasteiger partial charge in [0.1, 0.15) is 5.75 Å².